The molecular formula is C19H20N4O3. The molecule has 0 radical (unpaired) electrons. The van der Waals surface area contributed by atoms with Crippen molar-refractivity contribution in [3.8, 4) is 0 Å². The predicted molar refractivity (Wildman–Crippen MR) is 96.9 cm³/mol. The van der Waals surface area contributed by atoms with E-state index in [1.807, 2.05) is 29.8 Å². The summed E-state index contributed by atoms with van der Waals surface area (Å²) >= 11 is 0. The Labute approximate surface area is 150 Å². The third kappa shape index (κ3) is 4.05. The Kier molecular flexibility index (Phi) is 5.26. The van der Waals surface area contributed by atoms with Crippen LogP contribution in [0.4, 0.5) is 0 Å². The SMILES string of the molecule is Cn1c(CCc2ccncc2)nc2cc(C(=O)NCCC(=O)O)ccc21. The lowest BCUT2D eigenvalue weighted by molar-refractivity contribution is -0.136. The van der Waals surface area contributed by atoms with Crippen LogP contribution in [0, 0.1) is 0 Å². The van der Waals surface area contributed by atoms with Crippen molar-refractivity contribution in [2.75, 3.05) is 6.54 Å². The average Bonchev–Trinajstić information content (AvgIpc) is 2.96. The number of aryl methyl sites for hydroxylation is 3. The summed E-state index contributed by atoms with van der Waals surface area (Å²) in [5, 5.41) is 11.2. The third-order valence-electron chi connectivity index (χ3n) is 4.25. The van der Waals surface area contributed by atoms with Gasteiger partial charge in [-0.05, 0) is 42.3 Å². The van der Waals surface area contributed by atoms with Crippen LogP contribution in [0.1, 0.15) is 28.2 Å². The van der Waals surface area contributed by atoms with Crippen LogP contribution in [0.15, 0.2) is 42.7 Å². The van der Waals surface area contributed by atoms with Crippen LogP contribution in [-0.2, 0) is 24.7 Å². The van der Waals surface area contributed by atoms with Crippen LogP contribution in [0.25, 0.3) is 11.0 Å². The molecule has 26 heavy (non-hydrogen) atoms. The van der Waals surface area contributed by atoms with Crippen molar-refractivity contribution >= 4 is 22.9 Å². The minimum absolute atomic E-state index is 0.100. The number of carbonyl (C=O) groups is 2. The number of rotatable bonds is 7. The molecule has 3 rings (SSSR count). The second-order valence-electron chi connectivity index (χ2n) is 6.05. The van der Waals surface area contributed by atoms with Gasteiger partial charge in [-0.2, -0.15) is 0 Å². The summed E-state index contributed by atoms with van der Waals surface area (Å²) in [5.41, 5.74) is 3.38. The molecule has 3 aromatic rings. The van der Waals surface area contributed by atoms with Crippen molar-refractivity contribution in [3.05, 3.63) is 59.7 Å². The summed E-state index contributed by atoms with van der Waals surface area (Å²) in [5.74, 6) is -0.290. The first-order chi connectivity index (χ1) is 12.5. The molecule has 0 unspecified atom stereocenters. The van der Waals surface area contributed by atoms with Crippen molar-refractivity contribution in [3.63, 3.8) is 0 Å². The molecule has 0 bridgehead atoms. The maximum Gasteiger partial charge on any atom is 0.305 e. The number of hydrogen-bond acceptors (Lipinski definition) is 4. The highest BCUT2D eigenvalue weighted by atomic mass is 16.4. The van der Waals surface area contributed by atoms with E-state index in [4.69, 9.17) is 5.11 Å². The normalized spacial score (nSPS) is 10.8. The standard InChI is InChI=1S/C19H20N4O3/c1-23-16-4-3-14(19(26)21-11-8-18(24)25)12-15(16)22-17(23)5-2-13-6-9-20-10-7-13/h3-4,6-7,9-10,12H,2,5,8,11H2,1H3,(H,21,26)(H,24,25). The Morgan fingerprint density at radius 2 is 1.92 bits per heavy atom. The van der Waals surface area contributed by atoms with Crippen LogP contribution in [0.2, 0.25) is 0 Å². The number of carboxylic acid groups (broad SMARTS) is 1. The first kappa shape index (κ1) is 17.6. The number of fused-ring (bicyclic) bond motifs is 1. The Balaban J connectivity index is 1.73. The van der Waals surface area contributed by atoms with Crippen molar-refractivity contribution in [1.82, 2.24) is 19.9 Å². The molecule has 0 aliphatic rings. The predicted octanol–water partition coefficient (Wildman–Crippen LogP) is 1.96. The topological polar surface area (TPSA) is 97.1 Å². The zero-order valence-corrected chi connectivity index (χ0v) is 14.5. The second-order valence-corrected chi connectivity index (χ2v) is 6.05. The fraction of sp³-hybridized carbons (Fsp3) is 0.263. The maximum absolute atomic E-state index is 12.1. The highest BCUT2D eigenvalue weighted by Crippen LogP contribution is 2.18. The van der Waals surface area contributed by atoms with Gasteiger partial charge >= 0.3 is 5.97 Å². The maximum atomic E-state index is 12.1. The molecule has 7 heteroatoms. The minimum Gasteiger partial charge on any atom is -0.481 e. The van der Waals surface area contributed by atoms with E-state index in [1.54, 1.807) is 24.5 Å². The lowest BCUT2D eigenvalue weighted by Gasteiger charge is -2.04. The molecule has 0 spiro atoms. The quantitative estimate of drug-likeness (QED) is 0.677. The van der Waals surface area contributed by atoms with Crippen molar-refractivity contribution in [2.24, 2.45) is 7.05 Å². The van der Waals surface area contributed by atoms with Crippen molar-refractivity contribution < 1.29 is 14.7 Å². The number of imidazole rings is 1. The Bertz CT molecular complexity index is 935. The number of pyridine rings is 1. The second kappa shape index (κ2) is 7.77. The summed E-state index contributed by atoms with van der Waals surface area (Å²) in [6, 6.07) is 9.31. The number of hydrogen-bond donors (Lipinski definition) is 2. The molecule has 1 aromatic carbocycles. The third-order valence-corrected chi connectivity index (χ3v) is 4.25. The van der Waals surface area contributed by atoms with E-state index in [0.717, 1.165) is 29.7 Å². The van der Waals surface area contributed by atoms with E-state index < -0.39 is 5.97 Å². The van der Waals surface area contributed by atoms with Crippen LogP contribution in [0.3, 0.4) is 0 Å². The number of amides is 1. The molecule has 0 aliphatic heterocycles. The molecule has 7 nitrogen and oxygen atoms in total. The molecule has 2 N–H and O–H groups in total. The number of carbonyl (C=O) groups excluding carboxylic acids is 1. The van der Waals surface area contributed by atoms with Crippen LogP contribution in [0.5, 0.6) is 0 Å². The van der Waals surface area contributed by atoms with E-state index in [9.17, 15) is 9.59 Å². The average molecular weight is 352 g/mol. The molecular weight excluding hydrogens is 332 g/mol. The lowest BCUT2D eigenvalue weighted by atomic mass is 10.1. The zero-order chi connectivity index (χ0) is 18.5. The number of benzene rings is 1. The molecule has 2 heterocycles. The number of aliphatic carboxylic acids is 1. The highest BCUT2D eigenvalue weighted by molar-refractivity contribution is 5.97. The van der Waals surface area contributed by atoms with E-state index in [-0.39, 0.29) is 18.9 Å². The van der Waals surface area contributed by atoms with Crippen molar-refractivity contribution in [1.29, 1.82) is 0 Å². The van der Waals surface area contributed by atoms with E-state index in [2.05, 4.69) is 15.3 Å². The number of nitrogens with one attached hydrogen (secondary N) is 1. The van der Waals surface area contributed by atoms with Crippen LogP contribution in [-0.4, -0.2) is 38.1 Å². The van der Waals surface area contributed by atoms with Gasteiger partial charge < -0.3 is 15.0 Å². The largest absolute Gasteiger partial charge is 0.481 e. The van der Waals surface area contributed by atoms with Gasteiger partial charge in [-0.3, -0.25) is 14.6 Å². The molecule has 0 saturated heterocycles. The minimum atomic E-state index is -0.940. The van der Waals surface area contributed by atoms with Crippen molar-refractivity contribution in [2.45, 2.75) is 19.3 Å². The fourth-order valence-electron chi connectivity index (χ4n) is 2.81. The monoisotopic (exact) mass is 352 g/mol. The summed E-state index contributed by atoms with van der Waals surface area (Å²) in [4.78, 5) is 31.3. The first-order valence-corrected chi connectivity index (χ1v) is 8.39. The van der Waals surface area contributed by atoms with Gasteiger partial charge in [0.15, 0.2) is 0 Å². The van der Waals surface area contributed by atoms with Gasteiger partial charge in [0.2, 0.25) is 0 Å². The van der Waals surface area contributed by atoms with Gasteiger partial charge in [-0.1, -0.05) is 0 Å². The molecule has 2 aromatic heterocycles. The number of aromatic nitrogens is 3. The summed E-state index contributed by atoms with van der Waals surface area (Å²) in [6.07, 6.45) is 5.10. The Morgan fingerprint density at radius 1 is 1.15 bits per heavy atom. The van der Waals surface area contributed by atoms with Gasteiger partial charge in [0.1, 0.15) is 5.82 Å². The van der Waals surface area contributed by atoms with Gasteiger partial charge in [0.25, 0.3) is 5.91 Å². The zero-order valence-electron chi connectivity index (χ0n) is 14.5. The Morgan fingerprint density at radius 3 is 2.65 bits per heavy atom. The molecule has 0 saturated carbocycles. The molecule has 1 amide bonds. The first-order valence-electron chi connectivity index (χ1n) is 8.39. The smallest absolute Gasteiger partial charge is 0.305 e. The summed E-state index contributed by atoms with van der Waals surface area (Å²) in [6.45, 7) is 0.103. The Hall–Kier alpha value is -3.22. The summed E-state index contributed by atoms with van der Waals surface area (Å²) < 4.78 is 2.03. The molecule has 0 fully saturated rings. The van der Waals surface area contributed by atoms with E-state index in [0.29, 0.717) is 5.56 Å². The van der Waals surface area contributed by atoms with Gasteiger partial charge in [-0.25, -0.2) is 4.98 Å². The van der Waals surface area contributed by atoms with Gasteiger partial charge in [-0.15, -0.1) is 0 Å². The molecule has 0 aliphatic carbocycles. The fourth-order valence-corrected chi connectivity index (χ4v) is 2.81. The van der Waals surface area contributed by atoms with Gasteiger partial charge in [0.05, 0.1) is 17.5 Å². The number of carboxylic acids is 1. The summed E-state index contributed by atoms with van der Waals surface area (Å²) in [7, 11) is 1.96. The van der Waals surface area contributed by atoms with Crippen LogP contribution >= 0.6 is 0 Å². The van der Waals surface area contributed by atoms with E-state index >= 15 is 0 Å². The van der Waals surface area contributed by atoms with Gasteiger partial charge in [0, 0.05) is 38.0 Å². The van der Waals surface area contributed by atoms with E-state index in [1.165, 1.54) is 5.56 Å². The molecule has 0 atom stereocenters. The number of nitrogens with zero attached hydrogens (tertiary/aromatic N) is 3. The lowest BCUT2D eigenvalue weighted by Crippen LogP contribution is -2.25. The van der Waals surface area contributed by atoms with Crippen LogP contribution < -0.4 is 5.32 Å². The molecule has 134 valence electrons. The highest BCUT2D eigenvalue weighted by Gasteiger charge is 2.12.